The third kappa shape index (κ3) is 1.92. The second-order valence-electron chi connectivity index (χ2n) is 3.44. The summed E-state index contributed by atoms with van der Waals surface area (Å²) in [6.45, 7) is 2.68. The van der Waals surface area contributed by atoms with Gasteiger partial charge in [-0.15, -0.1) is 0 Å². The number of hydrogen-bond donors (Lipinski definition) is 1. The van der Waals surface area contributed by atoms with Crippen LogP contribution in [0.3, 0.4) is 0 Å². The largest absolute Gasteiger partial charge is 0.326 e. The summed E-state index contributed by atoms with van der Waals surface area (Å²) in [5.41, 5.74) is 7.89. The van der Waals surface area contributed by atoms with E-state index in [1.54, 1.807) is 0 Å². The van der Waals surface area contributed by atoms with Crippen molar-refractivity contribution in [2.75, 3.05) is 0 Å². The van der Waals surface area contributed by atoms with Gasteiger partial charge in [-0.2, -0.15) is 0 Å². The molecule has 0 fully saturated rings. The van der Waals surface area contributed by atoms with E-state index in [4.69, 9.17) is 5.73 Å². The Labute approximate surface area is 89.6 Å². The summed E-state index contributed by atoms with van der Waals surface area (Å²) in [6, 6.07) is 8.23. The van der Waals surface area contributed by atoms with Crippen LogP contribution in [0.1, 0.15) is 18.3 Å². The fraction of sp³-hybridized carbons (Fsp3) is 0.250. The van der Waals surface area contributed by atoms with Gasteiger partial charge in [0, 0.05) is 31.0 Å². The normalized spacial score (nSPS) is 10.5. The van der Waals surface area contributed by atoms with Gasteiger partial charge in [-0.25, -0.2) is 4.98 Å². The van der Waals surface area contributed by atoms with Crippen molar-refractivity contribution in [2.24, 2.45) is 5.73 Å². The third-order valence-electron chi connectivity index (χ3n) is 2.46. The van der Waals surface area contributed by atoms with Crippen LogP contribution < -0.4 is 5.73 Å². The first-order valence-electron chi connectivity index (χ1n) is 5.16. The van der Waals surface area contributed by atoms with Gasteiger partial charge >= 0.3 is 0 Å². The van der Waals surface area contributed by atoms with Gasteiger partial charge in [-0.1, -0.05) is 19.1 Å². The lowest BCUT2D eigenvalue weighted by atomic mass is 10.2. The van der Waals surface area contributed by atoms with Gasteiger partial charge in [0.25, 0.3) is 0 Å². The lowest BCUT2D eigenvalue weighted by Crippen LogP contribution is -2.01. The molecule has 3 heteroatoms. The Hall–Kier alpha value is -1.61. The number of nitrogens with zero attached hydrogens (tertiary/aromatic N) is 2. The van der Waals surface area contributed by atoms with Crippen LogP contribution in [0.2, 0.25) is 0 Å². The van der Waals surface area contributed by atoms with E-state index < -0.39 is 0 Å². The lowest BCUT2D eigenvalue weighted by Gasteiger charge is -2.07. The topological polar surface area (TPSA) is 43.8 Å². The predicted octanol–water partition coefficient (Wildman–Crippen LogP) is 1.89. The molecule has 0 aliphatic heterocycles. The molecule has 1 heterocycles. The Kier molecular flexibility index (Phi) is 2.83. The molecule has 0 unspecified atom stereocenters. The van der Waals surface area contributed by atoms with Gasteiger partial charge in [0.05, 0.1) is 0 Å². The molecule has 15 heavy (non-hydrogen) atoms. The van der Waals surface area contributed by atoms with Crippen molar-refractivity contribution in [2.45, 2.75) is 19.9 Å². The smallest absolute Gasteiger partial charge is 0.112 e. The minimum absolute atomic E-state index is 0.573. The maximum absolute atomic E-state index is 5.62. The Balaban J connectivity index is 2.44. The molecule has 0 spiro atoms. The highest BCUT2D eigenvalue weighted by Crippen LogP contribution is 2.12. The molecule has 1 aromatic carbocycles. The Bertz CT molecular complexity index is 446. The summed E-state index contributed by atoms with van der Waals surface area (Å²) in [5.74, 6) is 1.07. The second kappa shape index (κ2) is 4.28. The van der Waals surface area contributed by atoms with Crippen molar-refractivity contribution in [3.05, 3.63) is 48.0 Å². The SMILES string of the molecule is CCc1nccn1-c1cccc(CN)c1. The molecule has 0 atom stereocenters. The van der Waals surface area contributed by atoms with E-state index in [-0.39, 0.29) is 0 Å². The van der Waals surface area contributed by atoms with Crippen molar-refractivity contribution in [3.8, 4) is 5.69 Å². The molecule has 1 aromatic heterocycles. The Morgan fingerprint density at radius 3 is 3.00 bits per heavy atom. The van der Waals surface area contributed by atoms with E-state index in [0.29, 0.717) is 6.54 Å². The molecule has 0 saturated carbocycles. The second-order valence-corrected chi connectivity index (χ2v) is 3.44. The summed E-state index contributed by atoms with van der Waals surface area (Å²) < 4.78 is 2.10. The van der Waals surface area contributed by atoms with Crippen molar-refractivity contribution in [3.63, 3.8) is 0 Å². The van der Waals surface area contributed by atoms with Crippen molar-refractivity contribution < 1.29 is 0 Å². The Morgan fingerprint density at radius 2 is 2.27 bits per heavy atom. The highest BCUT2D eigenvalue weighted by atomic mass is 15.1. The van der Waals surface area contributed by atoms with Crippen LogP contribution >= 0.6 is 0 Å². The van der Waals surface area contributed by atoms with Crippen LogP contribution in [-0.2, 0) is 13.0 Å². The van der Waals surface area contributed by atoms with E-state index >= 15 is 0 Å². The number of imidazole rings is 1. The highest BCUT2D eigenvalue weighted by Gasteiger charge is 2.02. The van der Waals surface area contributed by atoms with Crippen LogP contribution in [0.4, 0.5) is 0 Å². The van der Waals surface area contributed by atoms with E-state index in [1.165, 1.54) is 0 Å². The van der Waals surface area contributed by atoms with Crippen LogP contribution in [0.25, 0.3) is 5.69 Å². The first-order chi connectivity index (χ1) is 7.35. The predicted molar refractivity (Wildman–Crippen MR) is 60.8 cm³/mol. The fourth-order valence-electron chi connectivity index (χ4n) is 1.66. The van der Waals surface area contributed by atoms with Crippen molar-refractivity contribution >= 4 is 0 Å². The summed E-state index contributed by atoms with van der Waals surface area (Å²) in [6.07, 6.45) is 4.74. The standard InChI is InChI=1S/C12H15N3/c1-2-12-14-6-7-15(12)11-5-3-4-10(8-11)9-13/h3-8H,2,9,13H2,1H3. The number of hydrogen-bond acceptors (Lipinski definition) is 2. The third-order valence-corrected chi connectivity index (χ3v) is 2.46. The number of rotatable bonds is 3. The summed E-state index contributed by atoms with van der Waals surface area (Å²) in [7, 11) is 0. The maximum Gasteiger partial charge on any atom is 0.112 e. The van der Waals surface area contributed by atoms with Crippen LogP contribution in [-0.4, -0.2) is 9.55 Å². The van der Waals surface area contributed by atoms with Gasteiger partial charge in [0.15, 0.2) is 0 Å². The van der Waals surface area contributed by atoms with Crippen molar-refractivity contribution in [1.82, 2.24) is 9.55 Å². The molecular formula is C12H15N3. The molecule has 0 bridgehead atoms. The van der Waals surface area contributed by atoms with Gasteiger partial charge in [-0.3, -0.25) is 0 Å². The van der Waals surface area contributed by atoms with E-state index in [9.17, 15) is 0 Å². The average molecular weight is 201 g/mol. The minimum Gasteiger partial charge on any atom is -0.326 e. The molecule has 0 saturated heterocycles. The average Bonchev–Trinajstić information content (AvgIpc) is 2.77. The fourth-order valence-corrected chi connectivity index (χ4v) is 1.66. The number of aromatic nitrogens is 2. The maximum atomic E-state index is 5.62. The lowest BCUT2D eigenvalue weighted by molar-refractivity contribution is 0.888. The summed E-state index contributed by atoms with van der Waals surface area (Å²) >= 11 is 0. The van der Waals surface area contributed by atoms with Gasteiger partial charge in [0.1, 0.15) is 5.82 Å². The minimum atomic E-state index is 0.573. The molecule has 2 N–H and O–H groups in total. The molecule has 0 aliphatic rings. The quantitative estimate of drug-likeness (QED) is 0.824. The molecular weight excluding hydrogens is 186 g/mol. The van der Waals surface area contributed by atoms with E-state index in [2.05, 4.69) is 28.6 Å². The zero-order chi connectivity index (χ0) is 10.7. The van der Waals surface area contributed by atoms with Gasteiger partial charge in [-0.05, 0) is 17.7 Å². The molecule has 0 amide bonds. The molecule has 0 aliphatic carbocycles. The van der Waals surface area contributed by atoms with Gasteiger partial charge < -0.3 is 10.3 Å². The van der Waals surface area contributed by atoms with Crippen LogP contribution in [0.15, 0.2) is 36.7 Å². The molecule has 0 radical (unpaired) electrons. The number of nitrogens with two attached hydrogens (primary N) is 1. The molecule has 2 aromatic rings. The first kappa shape index (κ1) is 9.93. The zero-order valence-electron chi connectivity index (χ0n) is 8.85. The van der Waals surface area contributed by atoms with Crippen LogP contribution in [0, 0.1) is 0 Å². The number of aryl methyl sites for hydroxylation is 1. The zero-order valence-corrected chi connectivity index (χ0v) is 8.85. The summed E-state index contributed by atoms with van der Waals surface area (Å²) in [5, 5.41) is 0. The number of benzene rings is 1. The Morgan fingerprint density at radius 1 is 1.40 bits per heavy atom. The first-order valence-corrected chi connectivity index (χ1v) is 5.16. The van der Waals surface area contributed by atoms with Crippen LogP contribution in [0.5, 0.6) is 0 Å². The molecule has 78 valence electrons. The summed E-state index contributed by atoms with van der Waals surface area (Å²) in [4.78, 5) is 4.30. The van der Waals surface area contributed by atoms with E-state index in [0.717, 1.165) is 23.5 Å². The van der Waals surface area contributed by atoms with E-state index in [1.807, 2.05) is 24.5 Å². The highest BCUT2D eigenvalue weighted by molar-refractivity contribution is 5.37. The molecule has 2 rings (SSSR count). The molecule has 3 nitrogen and oxygen atoms in total. The van der Waals surface area contributed by atoms with Crippen molar-refractivity contribution in [1.29, 1.82) is 0 Å². The monoisotopic (exact) mass is 201 g/mol. The van der Waals surface area contributed by atoms with Gasteiger partial charge in [0.2, 0.25) is 0 Å².